The van der Waals surface area contributed by atoms with Crippen molar-refractivity contribution in [2.24, 2.45) is 0 Å². The summed E-state index contributed by atoms with van der Waals surface area (Å²) in [6.45, 7) is 4.42. The van der Waals surface area contributed by atoms with Crippen LogP contribution < -0.4 is 5.32 Å². The van der Waals surface area contributed by atoms with Gasteiger partial charge in [0.1, 0.15) is 0 Å². The maximum absolute atomic E-state index is 3.47. The second kappa shape index (κ2) is 6.17. The van der Waals surface area contributed by atoms with Gasteiger partial charge in [0.2, 0.25) is 0 Å². The number of aryl methyl sites for hydroxylation is 2. The second-order valence-electron chi connectivity index (χ2n) is 4.64. The number of thiophene rings is 1. The van der Waals surface area contributed by atoms with Crippen LogP contribution in [0.15, 0.2) is 35.7 Å². The van der Waals surface area contributed by atoms with Gasteiger partial charge in [-0.15, -0.1) is 11.3 Å². The molecule has 1 N–H and O–H groups in total. The van der Waals surface area contributed by atoms with Crippen LogP contribution in [0.25, 0.3) is 0 Å². The first-order chi connectivity index (χ1) is 8.76. The van der Waals surface area contributed by atoms with E-state index in [4.69, 9.17) is 0 Å². The zero-order valence-corrected chi connectivity index (χ0v) is 12.2. The Balaban J connectivity index is 2.23. The van der Waals surface area contributed by atoms with Gasteiger partial charge < -0.3 is 5.32 Å². The van der Waals surface area contributed by atoms with Crippen molar-refractivity contribution in [1.82, 2.24) is 5.32 Å². The Labute approximate surface area is 114 Å². The Morgan fingerprint density at radius 3 is 2.61 bits per heavy atom. The maximum atomic E-state index is 3.47. The van der Waals surface area contributed by atoms with Crippen molar-refractivity contribution in [3.8, 4) is 0 Å². The number of hydrogen-bond acceptors (Lipinski definition) is 2. The smallest absolute Gasteiger partial charge is 0.0456 e. The molecule has 0 amide bonds. The molecule has 1 heterocycles. The summed E-state index contributed by atoms with van der Waals surface area (Å²) in [4.78, 5) is 1.49. The van der Waals surface area contributed by atoms with E-state index in [2.05, 4.69) is 61.9 Å². The van der Waals surface area contributed by atoms with E-state index in [1.54, 1.807) is 0 Å². The van der Waals surface area contributed by atoms with Crippen molar-refractivity contribution < 1.29 is 0 Å². The lowest BCUT2D eigenvalue weighted by Gasteiger charge is -2.18. The molecule has 0 fully saturated rings. The molecule has 0 radical (unpaired) electrons. The first-order valence-corrected chi connectivity index (χ1v) is 7.42. The van der Waals surface area contributed by atoms with Gasteiger partial charge in [-0.3, -0.25) is 0 Å². The summed E-state index contributed by atoms with van der Waals surface area (Å²) >= 11 is 1.87. The monoisotopic (exact) mass is 259 g/mol. The number of nitrogens with one attached hydrogen (secondary N) is 1. The SMILES string of the molecule is CCc1ccsc1C(Cc1ccccc1C)NC. The standard InChI is InChI=1S/C16H21NS/c1-4-13-9-10-18-16(13)15(17-3)11-14-8-6-5-7-12(14)2/h5-10,15,17H,4,11H2,1-3H3. The van der Waals surface area contributed by atoms with E-state index in [9.17, 15) is 0 Å². The number of benzene rings is 1. The summed E-state index contributed by atoms with van der Waals surface area (Å²) in [6, 6.07) is 11.3. The van der Waals surface area contributed by atoms with Gasteiger partial charge in [0, 0.05) is 10.9 Å². The average Bonchev–Trinajstić information content (AvgIpc) is 2.86. The van der Waals surface area contributed by atoms with E-state index < -0.39 is 0 Å². The minimum Gasteiger partial charge on any atom is -0.312 e. The van der Waals surface area contributed by atoms with E-state index >= 15 is 0 Å². The first kappa shape index (κ1) is 13.3. The van der Waals surface area contributed by atoms with Gasteiger partial charge >= 0.3 is 0 Å². The second-order valence-corrected chi connectivity index (χ2v) is 5.58. The lowest BCUT2D eigenvalue weighted by atomic mass is 9.98. The summed E-state index contributed by atoms with van der Waals surface area (Å²) in [5.74, 6) is 0. The zero-order valence-electron chi connectivity index (χ0n) is 11.4. The summed E-state index contributed by atoms with van der Waals surface area (Å²) < 4.78 is 0. The van der Waals surface area contributed by atoms with Crippen LogP contribution in [0.2, 0.25) is 0 Å². The average molecular weight is 259 g/mol. The summed E-state index contributed by atoms with van der Waals surface area (Å²) in [5.41, 5.74) is 4.30. The molecule has 0 bridgehead atoms. The molecular weight excluding hydrogens is 238 g/mol. The van der Waals surface area contributed by atoms with Crippen LogP contribution in [-0.2, 0) is 12.8 Å². The Morgan fingerprint density at radius 2 is 1.94 bits per heavy atom. The van der Waals surface area contributed by atoms with Crippen LogP contribution >= 0.6 is 11.3 Å². The molecule has 2 heteroatoms. The van der Waals surface area contributed by atoms with E-state index in [-0.39, 0.29) is 0 Å². The molecule has 1 unspecified atom stereocenters. The van der Waals surface area contributed by atoms with Gasteiger partial charge in [-0.25, -0.2) is 0 Å². The topological polar surface area (TPSA) is 12.0 Å². The van der Waals surface area contributed by atoms with Crippen molar-refractivity contribution >= 4 is 11.3 Å². The van der Waals surface area contributed by atoms with Crippen LogP contribution in [-0.4, -0.2) is 7.05 Å². The highest BCUT2D eigenvalue weighted by atomic mass is 32.1. The van der Waals surface area contributed by atoms with Crippen LogP contribution in [0, 0.1) is 6.92 Å². The molecule has 0 aliphatic rings. The van der Waals surface area contributed by atoms with Gasteiger partial charge in [-0.05, 0) is 54.9 Å². The van der Waals surface area contributed by atoms with E-state index in [0.717, 1.165) is 12.8 Å². The van der Waals surface area contributed by atoms with Gasteiger partial charge in [0.25, 0.3) is 0 Å². The molecule has 18 heavy (non-hydrogen) atoms. The highest BCUT2D eigenvalue weighted by Crippen LogP contribution is 2.28. The Morgan fingerprint density at radius 1 is 1.17 bits per heavy atom. The van der Waals surface area contributed by atoms with Gasteiger partial charge in [0.15, 0.2) is 0 Å². The minimum absolute atomic E-state index is 0.432. The van der Waals surface area contributed by atoms with Crippen molar-refractivity contribution in [2.75, 3.05) is 7.05 Å². The molecule has 1 aromatic heterocycles. The summed E-state index contributed by atoms with van der Waals surface area (Å²) in [5, 5.41) is 5.67. The molecule has 1 aromatic carbocycles. The third-order valence-corrected chi connectivity index (χ3v) is 4.58. The molecule has 2 aromatic rings. The fraction of sp³-hybridized carbons (Fsp3) is 0.375. The molecule has 0 saturated carbocycles. The molecule has 2 rings (SSSR count). The van der Waals surface area contributed by atoms with Crippen LogP contribution in [0.5, 0.6) is 0 Å². The molecular formula is C16H21NS. The van der Waals surface area contributed by atoms with Gasteiger partial charge in [0.05, 0.1) is 0 Å². The van der Waals surface area contributed by atoms with E-state index in [1.807, 2.05) is 11.3 Å². The number of likely N-dealkylation sites (N-methyl/N-ethyl adjacent to an activating group) is 1. The lowest BCUT2D eigenvalue weighted by Crippen LogP contribution is -2.19. The summed E-state index contributed by atoms with van der Waals surface area (Å²) in [6.07, 6.45) is 2.18. The molecule has 0 aliphatic carbocycles. The summed E-state index contributed by atoms with van der Waals surface area (Å²) in [7, 11) is 2.06. The third-order valence-electron chi connectivity index (χ3n) is 3.51. The fourth-order valence-electron chi connectivity index (χ4n) is 2.33. The fourth-order valence-corrected chi connectivity index (χ4v) is 3.44. The highest BCUT2D eigenvalue weighted by molar-refractivity contribution is 7.10. The largest absolute Gasteiger partial charge is 0.312 e. The van der Waals surface area contributed by atoms with Crippen molar-refractivity contribution in [3.63, 3.8) is 0 Å². The molecule has 1 atom stereocenters. The van der Waals surface area contributed by atoms with Gasteiger partial charge in [-0.2, -0.15) is 0 Å². The third kappa shape index (κ3) is 2.82. The minimum atomic E-state index is 0.432. The van der Waals surface area contributed by atoms with Crippen LogP contribution in [0.3, 0.4) is 0 Å². The lowest BCUT2D eigenvalue weighted by molar-refractivity contribution is 0.596. The molecule has 0 aliphatic heterocycles. The van der Waals surface area contributed by atoms with Crippen molar-refractivity contribution in [1.29, 1.82) is 0 Å². The number of rotatable bonds is 5. The molecule has 96 valence electrons. The zero-order chi connectivity index (χ0) is 13.0. The van der Waals surface area contributed by atoms with Crippen molar-refractivity contribution in [3.05, 3.63) is 57.3 Å². The van der Waals surface area contributed by atoms with Crippen LogP contribution in [0.1, 0.15) is 34.5 Å². The number of hydrogen-bond donors (Lipinski definition) is 1. The van der Waals surface area contributed by atoms with E-state index in [1.165, 1.54) is 21.6 Å². The molecule has 0 saturated heterocycles. The Hall–Kier alpha value is -1.12. The first-order valence-electron chi connectivity index (χ1n) is 6.54. The quantitative estimate of drug-likeness (QED) is 0.851. The Kier molecular flexibility index (Phi) is 4.56. The Bertz CT molecular complexity index is 501. The van der Waals surface area contributed by atoms with Crippen LogP contribution in [0.4, 0.5) is 0 Å². The van der Waals surface area contributed by atoms with Gasteiger partial charge in [-0.1, -0.05) is 31.2 Å². The predicted octanol–water partition coefficient (Wildman–Crippen LogP) is 4.12. The maximum Gasteiger partial charge on any atom is 0.0456 e. The normalized spacial score (nSPS) is 12.6. The highest BCUT2D eigenvalue weighted by Gasteiger charge is 2.15. The predicted molar refractivity (Wildman–Crippen MR) is 80.4 cm³/mol. The van der Waals surface area contributed by atoms with E-state index in [0.29, 0.717) is 6.04 Å². The molecule has 0 spiro atoms. The van der Waals surface area contributed by atoms with Crippen molar-refractivity contribution in [2.45, 2.75) is 32.7 Å². The molecule has 1 nitrogen and oxygen atoms in total.